The van der Waals surface area contributed by atoms with E-state index in [9.17, 15) is 4.57 Å². The Morgan fingerprint density at radius 2 is 2.38 bits per heavy atom. The van der Waals surface area contributed by atoms with Crippen LogP contribution in [-0.2, 0) is 14.1 Å². The molecule has 1 atom stereocenters. The SMILES string of the molecule is NCCOO[PH](=O)O. The number of hydrogen-bond acceptors (Lipinski definition) is 4. The van der Waals surface area contributed by atoms with E-state index in [1.165, 1.54) is 0 Å². The van der Waals surface area contributed by atoms with Gasteiger partial charge in [-0.1, -0.05) is 0 Å². The molecular weight excluding hydrogens is 133 g/mol. The summed E-state index contributed by atoms with van der Waals surface area (Å²) in [4.78, 5) is 12.0. The topological polar surface area (TPSA) is 81.8 Å². The summed E-state index contributed by atoms with van der Waals surface area (Å²) in [6.45, 7) is 0.409. The Labute approximate surface area is 47.3 Å². The molecule has 8 heavy (non-hydrogen) atoms. The molecule has 0 rings (SSSR count). The Bertz CT molecular complexity index is 76.4. The van der Waals surface area contributed by atoms with Gasteiger partial charge in [-0.15, -0.1) is 0 Å². The summed E-state index contributed by atoms with van der Waals surface area (Å²) in [5, 5.41) is 0. The molecule has 0 aliphatic carbocycles. The van der Waals surface area contributed by atoms with Crippen LogP contribution >= 0.6 is 8.25 Å². The first-order valence-electron chi connectivity index (χ1n) is 2.00. The molecule has 0 radical (unpaired) electrons. The maximum absolute atomic E-state index is 9.67. The van der Waals surface area contributed by atoms with Crippen LogP contribution < -0.4 is 5.73 Å². The van der Waals surface area contributed by atoms with Crippen molar-refractivity contribution in [1.29, 1.82) is 0 Å². The molecule has 3 N–H and O–H groups in total. The summed E-state index contributed by atoms with van der Waals surface area (Å²) in [6.07, 6.45) is 0. The lowest BCUT2D eigenvalue weighted by Gasteiger charge is -1.94. The Balaban J connectivity index is 2.82. The van der Waals surface area contributed by atoms with Gasteiger partial charge in [0.15, 0.2) is 0 Å². The van der Waals surface area contributed by atoms with Gasteiger partial charge in [0.1, 0.15) is 0 Å². The molecule has 0 aliphatic heterocycles. The molecule has 0 fully saturated rings. The highest BCUT2D eigenvalue weighted by molar-refractivity contribution is 7.31. The largest absolute Gasteiger partial charge is 0.344 e. The van der Waals surface area contributed by atoms with Gasteiger partial charge in [-0.2, -0.15) is 4.67 Å². The van der Waals surface area contributed by atoms with E-state index < -0.39 is 8.25 Å². The molecule has 0 aromatic rings. The third-order valence-electron chi connectivity index (χ3n) is 0.331. The second kappa shape index (κ2) is 5.21. The molecular formula is C2H8NO4P. The fourth-order valence-electron chi connectivity index (χ4n) is 0.140. The second-order valence-corrected chi connectivity index (χ2v) is 1.66. The maximum atomic E-state index is 9.67. The Kier molecular flexibility index (Phi) is 5.26. The molecule has 5 nitrogen and oxygen atoms in total. The lowest BCUT2D eigenvalue weighted by molar-refractivity contribution is -0.204. The van der Waals surface area contributed by atoms with E-state index in [-0.39, 0.29) is 13.2 Å². The Morgan fingerprint density at radius 1 is 1.75 bits per heavy atom. The predicted octanol–water partition coefficient (Wildman–Crippen LogP) is -0.725. The normalized spacial score (nSPS) is 13.8. The molecule has 0 saturated carbocycles. The van der Waals surface area contributed by atoms with E-state index in [1.54, 1.807) is 0 Å². The van der Waals surface area contributed by atoms with Crippen LogP contribution in [0.15, 0.2) is 0 Å². The zero-order chi connectivity index (χ0) is 6.41. The highest BCUT2D eigenvalue weighted by Gasteiger charge is 1.88. The fraction of sp³-hybridized carbons (Fsp3) is 1.00. The van der Waals surface area contributed by atoms with E-state index in [0.29, 0.717) is 0 Å². The zero-order valence-corrected chi connectivity index (χ0v) is 5.16. The van der Waals surface area contributed by atoms with Gasteiger partial charge in [0.2, 0.25) is 0 Å². The van der Waals surface area contributed by atoms with Crippen molar-refractivity contribution in [3.63, 3.8) is 0 Å². The van der Waals surface area contributed by atoms with Gasteiger partial charge < -0.3 is 10.6 Å². The molecule has 1 unspecified atom stereocenters. The molecule has 0 aromatic heterocycles. The second-order valence-electron chi connectivity index (χ2n) is 0.960. The van der Waals surface area contributed by atoms with Crippen LogP contribution in [0.1, 0.15) is 0 Å². The first-order valence-corrected chi connectivity index (χ1v) is 3.26. The van der Waals surface area contributed by atoms with E-state index in [4.69, 9.17) is 10.6 Å². The number of rotatable bonds is 4. The van der Waals surface area contributed by atoms with Gasteiger partial charge >= 0.3 is 8.25 Å². The van der Waals surface area contributed by atoms with Gasteiger partial charge in [-0.05, 0) is 0 Å². The standard InChI is InChI=1S/C2H8NO4P/c3-1-2-6-7-8(4)5/h8H,1-3H2,(H,4,5). The van der Waals surface area contributed by atoms with Crippen molar-refractivity contribution in [2.45, 2.75) is 0 Å². The zero-order valence-electron chi connectivity index (χ0n) is 4.16. The van der Waals surface area contributed by atoms with Crippen LogP contribution in [0.3, 0.4) is 0 Å². The van der Waals surface area contributed by atoms with Crippen molar-refractivity contribution < 1.29 is 19.0 Å². The van der Waals surface area contributed by atoms with Gasteiger partial charge in [-0.25, -0.2) is 4.89 Å². The Hall–Kier alpha value is 0.0700. The minimum absolute atomic E-state index is 0.136. The quantitative estimate of drug-likeness (QED) is 0.233. The van der Waals surface area contributed by atoms with Crippen LogP contribution in [0, 0.1) is 0 Å². The van der Waals surface area contributed by atoms with Crippen LogP contribution in [0.5, 0.6) is 0 Å². The molecule has 0 spiro atoms. The molecule has 0 saturated heterocycles. The molecule has 0 aromatic carbocycles. The van der Waals surface area contributed by atoms with Crippen LogP contribution in [0.4, 0.5) is 0 Å². The molecule has 6 heteroatoms. The summed E-state index contributed by atoms with van der Waals surface area (Å²) >= 11 is 0. The van der Waals surface area contributed by atoms with E-state index >= 15 is 0 Å². The van der Waals surface area contributed by atoms with E-state index in [1.807, 2.05) is 0 Å². The van der Waals surface area contributed by atoms with Crippen molar-refractivity contribution in [2.75, 3.05) is 13.2 Å². The van der Waals surface area contributed by atoms with E-state index in [0.717, 1.165) is 0 Å². The summed E-state index contributed by atoms with van der Waals surface area (Å²) in [7, 11) is -2.93. The van der Waals surface area contributed by atoms with Crippen molar-refractivity contribution in [3.8, 4) is 0 Å². The monoisotopic (exact) mass is 141 g/mol. The maximum Gasteiger partial charge on any atom is 0.344 e. The third kappa shape index (κ3) is 6.07. The van der Waals surface area contributed by atoms with E-state index in [2.05, 4.69) is 9.56 Å². The Morgan fingerprint density at radius 3 is 2.75 bits per heavy atom. The summed E-state index contributed by atoms with van der Waals surface area (Å²) in [5.41, 5.74) is 4.94. The van der Waals surface area contributed by atoms with Crippen molar-refractivity contribution in [1.82, 2.24) is 0 Å². The van der Waals surface area contributed by atoms with Crippen LogP contribution in [0.2, 0.25) is 0 Å². The van der Waals surface area contributed by atoms with Gasteiger partial charge in [0.05, 0.1) is 6.61 Å². The summed E-state index contributed by atoms with van der Waals surface area (Å²) in [5.74, 6) is 0. The van der Waals surface area contributed by atoms with Crippen molar-refractivity contribution in [3.05, 3.63) is 0 Å². The fourth-order valence-corrected chi connectivity index (χ4v) is 0.324. The first-order chi connectivity index (χ1) is 3.77. The number of hydrogen-bond donors (Lipinski definition) is 2. The molecule has 0 amide bonds. The molecule has 0 heterocycles. The highest BCUT2D eigenvalue weighted by Crippen LogP contribution is 2.13. The minimum Gasteiger partial charge on any atom is -0.328 e. The number of nitrogens with two attached hydrogens (primary N) is 1. The third-order valence-corrected chi connectivity index (χ3v) is 0.592. The summed E-state index contributed by atoms with van der Waals surface area (Å²) < 4.78 is 13.5. The van der Waals surface area contributed by atoms with Crippen LogP contribution in [0.25, 0.3) is 0 Å². The first kappa shape index (κ1) is 8.07. The van der Waals surface area contributed by atoms with Gasteiger partial charge in [-0.3, -0.25) is 4.57 Å². The predicted molar refractivity (Wildman–Crippen MR) is 27.3 cm³/mol. The lowest BCUT2D eigenvalue weighted by atomic mass is 10.8. The van der Waals surface area contributed by atoms with Crippen molar-refractivity contribution in [2.24, 2.45) is 5.73 Å². The molecule has 0 bridgehead atoms. The molecule has 0 aliphatic rings. The van der Waals surface area contributed by atoms with Crippen molar-refractivity contribution >= 4 is 8.25 Å². The highest BCUT2D eigenvalue weighted by atomic mass is 31.1. The molecule has 50 valence electrons. The van der Waals surface area contributed by atoms with Gasteiger partial charge in [0, 0.05) is 6.54 Å². The average Bonchev–Trinajstić information content (AvgIpc) is 1.66. The average molecular weight is 141 g/mol. The minimum atomic E-state index is -2.93. The summed E-state index contributed by atoms with van der Waals surface area (Å²) in [6, 6.07) is 0. The van der Waals surface area contributed by atoms with Gasteiger partial charge in [0.25, 0.3) is 0 Å². The van der Waals surface area contributed by atoms with Crippen LogP contribution in [-0.4, -0.2) is 18.0 Å². The smallest absolute Gasteiger partial charge is 0.328 e. The lowest BCUT2D eigenvalue weighted by Crippen LogP contribution is -2.06.